The minimum absolute atomic E-state index is 0.0881. The van der Waals surface area contributed by atoms with E-state index in [0.717, 1.165) is 43.4 Å². The molecule has 0 radical (unpaired) electrons. The fraction of sp³-hybridized carbons (Fsp3) is 0.143. The summed E-state index contributed by atoms with van der Waals surface area (Å²) in [6.45, 7) is 7.69. The quantitative estimate of drug-likeness (QED) is 0.0480. The first-order valence-corrected chi connectivity index (χ1v) is 22.5. The van der Waals surface area contributed by atoms with Gasteiger partial charge in [0, 0.05) is 21.5 Å². The van der Waals surface area contributed by atoms with E-state index in [4.69, 9.17) is 9.47 Å². The maximum Gasteiger partial charge on any atom is 0.346 e. The number of aromatic carboxylic acids is 4. The summed E-state index contributed by atoms with van der Waals surface area (Å²) in [7, 11) is 0. The van der Waals surface area contributed by atoms with Gasteiger partial charge in [-0.1, -0.05) is 52.0 Å². The second-order valence-electron chi connectivity index (χ2n) is 17.5. The lowest BCUT2D eigenvalue weighted by atomic mass is 9.80. The van der Waals surface area contributed by atoms with E-state index in [0.29, 0.717) is 102 Å². The highest BCUT2D eigenvalue weighted by Crippen LogP contribution is 2.50. The van der Waals surface area contributed by atoms with Crippen LogP contribution in [0.5, 0.6) is 0 Å². The molecule has 10 aromatic carbocycles. The van der Waals surface area contributed by atoms with E-state index < -0.39 is 47.8 Å². The number of carboxylic acid groups (broad SMARTS) is 4. The van der Waals surface area contributed by atoms with Crippen LogP contribution < -0.4 is 0 Å². The third-order valence-electron chi connectivity index (χ3n) is 14.2. The standard InChI is InChI=1S/C28H20O8.C28H16O6/c1-3-11-9-17(27(33)34)21-15(25(29)30)8-6-14-20-12(4-2)10-18(28(35)36)22-16(26(31)32)7-5-13(24(20)22)19(11)23(14)21;1-3-11-9-17-21-15(25(29)33-27(17)31)8-6-14-20-12(4-2)10-18-22-16(26(30)34-28(18)32)7-5-13(24(20)22)19(11)23(14)21/h5-10H,3-4H2,1-2H3,(H,29,30)(H,31,32)(H,33,34)(H,35,36);5-10H,3-4H2,1-2H3. The summed E-state index contributed by atoms with van der Waals surface area (Å²) >= 11 is 0. The van der Waals surface area contributed by atoms with Crippen LogP contribution in [-0.4, -0.2) is 68.2 Å². The molecule has 0 saturated heterocycles. The summed E-state index contributed by atoms with van der Waals surface area (Å²) in [5.41, 5.74) is 4.06. The highest BCUT2D eigenvalue weighted by molar-refractivity contribution is 6.42. The number of carboxylic acids is 4. The van der Waals surface area contributed by atoms with Gasteiger partial charge in [0.15, 0.2) is 0 Å². The van der Waals surface area contributed by atoms with Crippen LogP contribution in [0.25, 0.3) is 86.2 Å². The lowest BCUT2D eigenvalue weighted by Crippen LogP contribution is -2.21. The maximum absolute atomic E-state index is 12.7. The molecule has 12 rings (SSSR count). The fourth-order valence-corrected chi connectivity index (χ4v) is 11.4. The first kappa shape index (κ1) is 43.5. The van der Waals surface area contributed by atoms with E-state index >= 15 is 0 Å². The van der Waals surface area contributed by atoms with Crippen molar-refractivity contribution in [2.45, 2.75) is 53.4 Å². The zero-order valence-corrected chi connectivity index (χ0v) is 37.6. The number of carbonyl (C=O) groups excluding carboxylic acids is 4. The predicted octanol–water partition coefficient (Wildman–Crippen LogP) is 11.1. The SMILES string of the molecule is CCc1cc(C(=O)O)c2c(C(=O)O)ccc3c4c(CC)cc(C(=O)O)c5c(C(=O)O)ccc(c1c23)c54.CCc1cc2c3c(ccc4c5c(CC)cc6c7c(ccc(c1c34)c75)C(=O)OC6=O)C(=O)OC2=O. The molecule has 0 atom stereocenters. The van der Waals surface area contributed by atoms with Gasteiger partial charge >= 0.3 is 47.8 Å². The normalized spacial score (nSPS) is 13.3. The molecule has 0 aliphatic carbocycles. The lowest BCUT2D eigenvalue weighted by Gasteiger charge is -2.25. The van der Waals surface area contributed by atoms with Gasteiger partial charge in [-0.3, -0.25) is 0 Å². The number of benzene rings is 10. The van der Waals surface area contributed by atoms with Gasteiger partial charge in [-0.2, -0.15) is 0 Å². The molecule has 0 amide bonds. The van der Waals surface area contributed by atoms with Crippen molar-refractivity contribution >= 4 is 134 Å². The monoisotopic (exact) mass is 932 g/mol. The van der Waals surface area contributed by atoms with Crippen LogP contribution in [0.2, 0.25) is 0 Å². The van der Waals surface area contributed by atoms with E-state index in [-0.39, 0.29) is 33.0 Å². The van der Waals surface area contributed by atoms with Gasteiger partial charge in [-0.15, -0.1) is 0 Å². The summed E-state index contributed by atoms with van der Waals surface area (Å²) in [6.07, 6.45) is 2.12. The molecule has 0 bridgehead atoms. The van der Waals surface area contributed by atoms with E-state index in [9.17, 15) is 58.8 Å². The lowest BCUT2D eigenvalue weighted by molar-refractivity contribution is 0.0373. The van der Waals surface area contributed by atoms with Gasteiger partial charge in [0.25, 0.3) is 0 Å². The van der Waals surface area contributed by atoms with Gasteiger partial charge in [0.1, 0.15) is 0 Å². The van der Waals surface area contributed by atoms with E-state index in [1.54, 1.807) is 36.4 Å². The molecule has 2 aliphatic heterocycles. The molecule has 10 aromatic rings. The Labute approximate surface area is 393 Å². The Hall–Kier alpha value is -9.04. The number of fused-ring (bicyclic) bond motifs is 4. The van der Waals surface area contributed by atoms with Crippen molar-refractivity contribution in [3.8, 4) is 0 Å². The number of hydrogen-bond donors (Lipinski definition) is 4. The van der Waals surface area contributed by atoms with Crippen molar-refractivity contribution in [2.24, 2.45) is 0 Å². The minimum Gasteiger partial charge on any atom is -0.478 e. The Kier molecular flexibility index (Phi) is 9.47. The van der Waals surface area contributed by atoms with E-state index in [1.807, 2.05) is 39.8 Å². The van der Waals surface area contributed by atoms with E-state index in [2.05, 4.69) is 0 Å². The summed E-state index contributed by atoms with van der Waals surface area (Å²) in [6, 6.07) is 19.6. The summed E-state index contributed by atoms with van der Waals surface area (Å²) < 4.78 is 10.0. The second kappa shape index (κ2) is 15.2. The molecule has 2 heterocycles. The van der Waals surface area contributed by atoms with E-state index in [1.165, 1.54) is 24.3 Å². The predicted molar refractivity (Wildman–Crippen MR) is 260 cm³/mol. The number of hydrogen-bond acceptors (Lipinski definition) is 10. The Morgan fingerprint density at radius 3 is 0.900 bits per heavy atom. The summed E-state index contributed by atoms with van der Waals surface area (Å²) in [4.78, 5) is 99.5. The highest BCUT2D eigenvalue weighted by Gasteiger charge is 2.35. The first-order chi connectivity index (χ1) is 33.6. The molecule has 2 aliphatic rings. The zero-order valence-electron chi connectivity index (χ0n) is 37.6. The van der Waals surface area contributed by atoms with Gasteiger partial charge in [-0.25, -0.2) is 38.4 Å². The van der Waals surface area contributed by atoms with Crippen LogP contribution in [0.3, 0.4) is 0 Å². The Morgan fingerprint density at radius 1 is 0.329 bits per heavy atom. The molecule has 344 valence electrons. The van der Waals surface area contributed by atoms with Crippen LogP contribution >= 0.6 is 0 Å². The summed E-state index contributed by atoms with van der Waals surface area (Å²) in [5.74, 6) is -7.65. The molecule has 0 aromatic heterocycles. The third-order valence-corrected chi connectivity index (χ3v) is 14.2. The molecule has 0 fully saturated rings. The van der Waals surface area contributed by atoms with Crippen molar-refractivity contribution in [3.63, 3.8) is 0 Å². The largest absolute Gasteiger partial charge is 0.478 e. The van der Waals surface area contributed by atoms with Crippen molar-refractivity contribution in [1.82, 2.24) is 0 Å². The van der Waals surface area contributed by atoms with Gasteiger partial charge in [0.2, 0.25) is 0 Å². The number of ether oxygens (including phenoxy) is 2. The van der Waals surface area contributed by atoms with Crippen LogP contribution in [-0.2, 0) is 35.2 Å². The average Bonchev–Trinajstić information content (AvgIpc) is 3.34. The Bertz CT molecular complexity index is 3920. The first-order valence-electron chi connectivity index (χ1n) is 22.5. The number of carbonyl (C=O) groups is 8. The number of esters is 4. The van der Waals surface area contributed by atoms with Crippen molar-refractivity contribution in [1.29, 1.82) is 0 Å². The van der Waals surface area contributed by atoms with Crippen molar-refractivity contribution in [3.05, 3.63) is 140 Å². The van der Waals surface area contributed by atoms with Crippen molar-refractivity contribution in [2.75, 3.05) is 0 Å². The Morgan fingerprint density at radius 2 is 0.600 bits per heavy atom. The average molecular weight is 933 g/mol. The molecule has 4 N–H and O–H groups in total. The molecular formula is C56H36O14. The highest BCUT2D eigenvalue weighted by atomic mass is 16.6. The van der Waals surface area contributed by atoms with Gasteiger partial charge in [-0.05, 0) is 161 Å². The minimum atomic E-state index is -1.27. The molecular weight excluding hydrogens is 897 g/mol. The molecule has 14 heteroatoms. The van der Waals surface area contributed by atoms with Crippen LogP contribution in [0.1, 0.15) is 133 Å². The van der Waals surface area contributed by atoms with Gasteiger partial charge < -0.3 is 29.9 Å². The Balaban J connectivity index is 0.000000153. The number of rotatable bonds is 8. The molecule has 14 nitrogen and oxygen atoms in total. The number of cyclic esters (lactones) is 4. The third kappa shape index (κ3) is 5.67. The maximum atomic E-state index is 12.7. The molecule has 70 heavy (non-hydrogen) atoms. The van der Waals surface area contributed by atoms with Crippen LogP contribution in [0, 0.1) is 0 Å². The fourth-order valence-electron chi connectivity index (χ4n) is 11.4. The molecule has 0 spiro atoms. The molecule has 0 saturated carbocycles. The second-order valence-corrected chi connectivity index (χ2v) is 17.5. The topological polar surface area (TPSA) is 236 Å². The smallest absolute Gasteiger partial charge is 0.346 e. The number of aryl methyl sites for hydroxylation is 4. The zero-order chi connectivity index (χ0) is 49.5. The van der Waals surface area contributed by atoms with Gasteiger partial charge in [0.05, 0.1) is 44.5 Å². The van der Waals surface area contributed by atoms with Crippen LogP contribution in [0.15, 0.2) is 72.8 Å². The molecule has 0 unspecified atom stereocenters. The van der Waals surface area contributed by atoms with Crippen LogP contribution in [0.4, 0.5) is 0 Å². The van der Waals surface area contributed by atoms with Crippen molar-refractivity contribution < 1.29 is 68.3 Å². The summed E-state index contributed by atoms with van der Waals surface area (Å²) in [5, 5.41) is 49.7.